The minimum Gasteiger partial charge on any atom is -0.489 e. The van der Waals surface area contributed by atoms with E-state index >= 15 is 0 Å². The molecule has 144 valence electrons. The van der Waals surface area contributed by atoms with E-state index in [1.54, 1.807) is 13.1 Å². The van der Waals surface area contributed by atoms with Gasteiger partial charge in [-0.2, -0.15) is 0 Å². The number of para-hydroxylation sites is 1. The van der Waals surface area contributed by atoms with Crippen molar-refractivity contribution in [2.45, 2.75) is 13.1 Å². The van der Waals surface area contributed by atoms with Gasteiger partial charge in [0.15, 0.2) is 17.5 Å². The number of ether oxygens (including phenoxy) is 3. The summed E-state index contributed by atoms with van der Waals surface area (Å²) in [6.07, 6.45) is 1.73. The number of nitrogens with zero attached hydrogens (tertiary/aromatic N) is 1. The van der Waals surface area contributed by atoms with Crippen LogP contribution in [0.4, 0.5) is 0 Å². The number of hydrogen-bond donors (Lipinski definition) is 2. The van der Waals surface area contributed by atoms with Crippen molar-refractivity contribution in [1.82, 2.24) is 10.6 Å². The molecule has 2 aromatic carbocycles. The second kappa shape index (κ2) is 10.7. The van der Waals surface area contributed by atoms with E-state index in [0.29, 0.717) is 25.7 Å². The summed E-state index contributed by atoms with van der Waals surface area (Å²) in [5.74, 6) is 3.11. The van der Waals surface area contributed by atoms with Crippen molar-refractivity contribution in [2.75, 3.05) is 20.4 Å². The molecule has 0 unspecified atom stereocenters. The Hall–Kier alpha value is -2.42. The third kappa shape index (κ3) is 5.78. The molecule has 7 heteroatoms. The van der Waals surface area contributed by atoms with Gasteiger partial charge in [-0.3, -0.25) is 4.99 Å². The third-order valence-electron chi connectivity index (χ3n) is 3.90. The first-order valence-corrected chi connectivity index (χ1v) is 8.45. The quantitative estimate of drug-likeness (QED) is 0.275. The molecule has 0 aliphatic carbocycles. The summed E-state index contributed by atoms with van der Waals surface area (Å²) >= 11 is 0. The minimum atomic E-state index is 0. The second-order valence-electron chi connectivity index (χ2n) is 5.67. The summed E-state index contributed by atoms with van der Waals surface area (Å²) in [6.45, 7) is 5.68. The molecule has 0 saturated carbocycles. The van der Waals surface area contributed by atoms with Gasteiger partial charge in [0.05, 0.1) is 0 Å². The first-order chi connectivity index (χ1) is 12.8. The average Bonchev–Trinajstić information content (AvgIpc) is 3.15. The maximum atomic E-state index is 5.68. The van der Waals surface area contributed by atoms with Crippen molar-refractivity contribution in [3.05, 3.63) is 66.2 Å². The molecule has 0 saturated heterocycles. The number of fused-ring (bicyclic) bond motifs is 1. The van der Waals surface area contributed by atoms with Crippen LogP contribution in [0.2, 0.25) is 0 Å². The lowest BCUT2D eigenvalue weighted by molar-refractivity contribution is 0.174. The Morgan fingerprint density at radius 1 is 1.15 bits per heavy atom. The number of aliphatic imine (C=N–C) groups is 1. The van der Waals surface area contributed by atoms with Crippen molar-refractivity contribution in [1.29, 1.82) is 0 Å². The van der Waals surface area contributed by atoms with Crippen molar-refractivity contribution in [3.63, 3.8) is 0 Å². The molecule has 1 heterocycles. The van der Waals surface area contributed by atoms with Crippen LogP contribution in [0.15, 0.2) is 60.1 Å². The zero-order valence-electron chi connectivity index (χ0n) is 15.2. The van der Waals surface area contributed by atoms with Gasteiger partial charge < -0.3 is 24.8 Å². The van der Waals surface area contributed by atoms with Crippen LogP contribution in [0.25, 0.3) is 0 Å². The lowest BCUT2D eigenvalue weighted by Gasteiger charge is -2.14. The van der Waals surface area contributed by atoms with Gasteiger partial charge in [-0.1, -0.05) is 36.9 Å². The maximum Gasteiger partial charge on any atom is 0.231 e. The van der Waals surface area contributed by atoms with Crippen LogP contribution in [-0.2, 0) is 13.1 Å². The molecule has 0 bridgehead atoms. The van der Waals surface area contributed by atoms with E-state index in [1.807, 2.05) is 42.5 Å². The molecule has 1 aliphatic rings. The lowest BCUT2D eigenvalue weighted by Crippen LogP contribution is -2.36. The van der Waals surface area contributed by atoms with Crippen LogP contribution in [-0.4, -0.2) is 26.4 Å². The molecular formula is C20H24IN3O3. The molecule has 0 spiro atoms. The van der Waals surface area contributed by atoms with Gasteiger partial charge in [-0.25, -0.2) is 0 Å². The van der Waals surface area contributed by atoms with Gasteiger partial charge in [-0.15, -0.1) is 24.0 Å². The Balaban J connectivity index is 0.00000261. The van der Waals surface area contributed by atoms with Crippen LogP contribution in [0.5, 0.6) is 17.2 Å². The number of nitrogens with one attached hydrogen (secondary N) is 2. The smallest absolute Gasteiger partial charge is 0.231 e. The first-order valence-electron chi connectivity index (χ1n) is 8.45. The van der Waals surface area contributed by atoms with Crippen molar-refractivity contribution >= 4 is 29.9 Å². The van der Waals surface area contributed by atoms with Gasteiger partial charge >= 0.3 is 0 Å². The molecule has 2 aromatic rings. The van der Waals surface area contributed by atoms with E-state index in [1.165, 1.54) is 0 Å². The highest BCUT2D eigenvalue weighted by Gasteiger charge is 2.13. The summed E-state index contributed by atoms with van der Waals surface area (Å²) in [7, 11) is 1.75. The van der Waals surface area contributed by atoms with Crippen molar-refractivity contribution in [3.8, 4) is 17.2 Å². The van der Waals surface area contributed by atoms with Gasteiger partial charge in [0.25, 0.3) is 0 Å². The van der Waals surface area contributed by atoms with E-state index in [9.17, 15) is 0 Å². The van der Waals surface area contributed by atoms with Gasteiger partial charge in [0, 0.05) is 25.7 Å². The topological polar surface area (TPSA) is 64.1 Å². The van der Waals surface area contributed by atoms with Crippen molar-refractivity contribution in [2.24, 2.45) is 4.99 Å². The Labute approximate surface area is 176 Å². The largest absolute Gasteiger partial charge is 0.489 e. The standard InChI is InChI=1S/C20H23N3O3.HI/c1-3-10-24-17-7-5-4-6-16(17)13-23-20(21-2)22-12-15-8-9-18-19(11-15)26-14-25-18;/h3-9,11H,1,10,12-14H2,2H3,(H2,21,22,23);1H. The molecule has 2 N–H and O–H groups in total. The van der Waals surface area contributed by atoms with Gasteiger partial charge in [-0.05, 0) is 23.8 Å². The highest BCUT2D eigenvalue weighted by atomic mass is 127. The van der Waals surface area contributed by atoms with Gasteiger partial charge in [0.1, 0.15) is 12.4 Å². The summed E-state index contributed by atoms with van der Waals surface area (Å²) in [6, 6.07) is 13.8. The first kappa shape index (κ1) is 20.9. The second-order valence-corrected chi connectivity index (χ2v) is 5.67. The molecule has 27 heavy (non-hydrogen) atoms. The van der Waals surface area contributed by atoms with E-state index in [-0.39, 0.29) is 30.8 Å². The highest BCUT2D eigenvalue weighted by Crippen LogP contribution is 2.32. The Morgan fingerprint density at radius 2 is 1.93 bits per heavy atom. The molecule has 1 aliphatic heterocycles. The fourth-order valence-electron chi connectivity index (χ4n) is 2.58. The number of halogens is 1. The molecule has 0 atom stereocenters. The van der Waals surface area contributed by atoms with Crippen LogP contribution in [0.1, 0.15) is 11.1 Å². The SMILES string of the molecule is C=CCOc1ccccc1CNC(=NC)NCc1ccc2c(c1)OCO2.I. The molecule has 3 rings (SSSR count). The molecule has 6 nitrogen and oxygen atoms in total. The molecule has 0 aromatic heterocycles. The van der Waals surface area contributed by atoms with E-state index in [4.69, 9.17) is 14.2 Å². The van der Waals surface area contributed by atoms with Crippen LogP contribution < -0.4 is 24.8 Å². The fourth-order valence-corrected chi connectivity index (χ4v) is 2.58. The summed E-state index contributed by atoms with van der Waals surface area (Å²) in [5, 5.41) is 6.60. The highest BCUT2D eigenvalue weighted by molar-refractivity contribution is 14.0. The number of rotatable bonds is 7. The average molecular weight is 481 g/mol. The van der Waals surface area contributed by atoms with Crippen LogP contribution in [0.3, 0.4) is 0 Å². The molecule has 0 amide bonds. The zero-order valence-corrected chi connectivity index (χ0v) is 17.6. The number of hydrogen-bond acceptors (Lipinski definition) is 4. The molecular weight excluding hydrogens is 457 g/mol. The summed E-state index contributed by atoms with van der Waals surface area (Å²) in [4.78, 5) is 4.26. The number of benzene rings is 2. The predicted octanol–water partition coefficient (Wildman–Crippen LogP) is 3.46. The zero-order chi connectivity index (χ0) is 18.2. The minimum absolute atomic E-state index is 0. The maximum absolute atomic E-state index is 5.68. The summed E-state index contributed by atoms with van der Waals surface area (Å²) < 4.78 is 16.4. The van der Waals surface area contributed by atoms with E-state index in [0.717, 1.165) is 28.4 Å². The van der Waals surface area contributed by atoms with E-state index < -0.39 is 0 Å². The lowest BCUT2D eigenvalue weighted by atomic mass is 10.2. The Bertz CT molecular complexity index is 796. The van der Waals surface area contributed by atoms with Crippen LogP contribution in [0, 0.1) is 0 Å². The number of guanidine groups is 1. The monoisotopic (exact) mass is 481 g/mol. The van der Waals surface area contributed by atoms with E-state index in [2.05, 4.69) is 22.2 Å². The predicted molar refractivity (Wildman–Crippen MR) is 117 cm³/mol. The molecule has 0 radical (unpaired) electrons. The Kier molecular flexibility index (Phi) is 8.25. The van der Waals surface area contributed by atoms with Crippen molar-refractivity contribution < 1.29 is 14.2 Å². The molecule has 0 fully saturated rings. The van der Waals surface area contributed by atoms with Crippen LogP contribution >= 0.6 is 24.0 Å². The normalized spacial score (nSPS) is 12.1. The Morgan fingerprint density at radius 3 is 2.74 bits per heavy atom. The summed E-state index contributed by atoms with van der Waals surface area (Å²) in [5.41, 5.74) is 2.15. The van der Waals surface area contributed by atoms with Gasteiger partial charge in [0.2, 0.25) is 6.79 Å². The third-order valence-corrected chi connectivity index (χ3v) is 3.90. The fraction of sp³-hybridized carbons (Fsp3) is 0.250.